The zero-order valence-corrected chi connectivity index (χ0v) is 12.9. The van der Waals surface area contributed by atoms with Crippen molar-refractivity contribution < 1.29 is 4.79 Å². The van der Waals surface area contributed by atoms with E-state index in [9.17, 15) is 4.79 Å². The highest BCUT2D eigenvalue weighted by Gasteiger charge is 2.31. The molecule has 110 valence electrons. The predicted molar refractivity (Wildman–Crippen MR) is 80.3 cm³/mol. The van der Waals surface area contributed by atoms with Crippen LogP contribution in [-0.2, 0) is 7.05 Å². The van der Waals surface area contributed by atoms with Gasteiger partial charge in [-0.25, -0.2) is 0 Å². The van der Waals surface area contributed by atoms with Crippen molar-refractivity contribution in [1.29, 1.82) is 0 Å². The van der Waals surface area contributed by atoms with Gasteiger partial charge >= 0.3 is 0 Å². The minimum Gasteiger partial charge on any atom is -0.351 e. The summed E-state index contributed by atoms with van der Waals surface area (Å²) in [4.78, 5) is 17.4. The van der Waals surface area contributed by atoms with E-state index in [-0.39, 0.29) is 5.78 Å². The molecule has 4 nitrogen and oxygen atoms in total. The zero-order valence-electron chi connectivity index (χ0n) is 12.9. The van der Waals surface area contributed by atoms with Gasteiger partial charge in [0.15, 0.2) is 5.78 Å². The van der Waals surface area contributed by atoms with Gasteiger partial charge in [0, 0.05) is 49.7 Å². The number of rotatable bonds is 3. The molecule has 2 fully saturated rings. The lowest BCUT2D eigenvalue weighted by Crippen LogP contribution is -2.51. The maximum absolute atomic E-state index is 12.5. The Morgan fingerprint density at radius 1 is 1.30 bits per heavy atom. The third kappa shape index (κ3) is 2.42. The Morgan fingerprint density at radius 2 is 2.10 bits per heavy atom. The van der Waals surface area contributed by atoms with E-state index in [1.807, 2.05) is 20.0 Å². The molecule has 1 aromatic rings. The first-order valence-electron chi connectivity index (χ1n) is 7.69. The lowest BCUT2D eigenvalue weighted by atomic mass is 10.1. The molecule has 0 saturated carbocycles. The molecular formula is C16H25N3O. The van der Waals surface area contributed by atoms with E-state index in [1.165, 1.54) is 19.4 Å². The quantitative estimate of drug-likeness (QED) is 0.785. The second-order valence-corrected chi connectivity index (χ2v) is 6.33. The van der Waals surface area contributed by atoms with Crippen LogP contribution in [0.1, 0.15) is 34.6 Å². The van der Waals surface area contributed by atoms with E-state index in [2.05, 4.69) is 21.3 Å². The first-order chi connectivity index (χ1) is 9.56. The number of carbonyl (C=O) groups excluding carboxylic acids is 1. The Kier molecular flexibility index (Phi) is 3.69. The molecule has 4 heteroatoms. The molecule has 2 saturated heterocycles. The number of fused-ring (bicyclic) bond motifs is 1. The van der Waals surface area contributed by atoms with Crippen molar-refractivity contribution in [2.45, 2.75) is 32.7 Å². The van der Waals surface area contributed by atoms with Gasteiger partial charge in [-0.05, 0) is 39.3 Å². The third-order valence-electron chi connectivity index (χ3n) is 5.11. The second-order valence-electron chi connectivity index (χ2n) is 6.33. The summed E-state index contributed by atoms with van der Waals surface area (Å²) >= 11 is 0. The summed E-state index contributed by atoms with van der Waals surface area (Å²) in [7, 11) is 2.03. The number of hydrogen-bond donors (Lipinski definition) is 0. The van der Waals surface area contributed by atoms with Crippen LogP contribution in [-0.4, -0.2) is 58.9 Å². The van der Waals surface area contributed by atoms with Crippen LogP contribution < -0.4 is 0 Å². The molecular weight excluding hydrogens is 250 g/mol. The van der Waals surface area contributed by atoms with Crippen LogP contribution in [0.4, 0.5) is 0 Å². The molecule has 0 bridgehead atoms. The van der Waals surface area contributed by atoms with Gasteiger partial charge in [-0.2, -0.15) is 0 Å². The summed E-state index contributed by atoms with van der Waals surface area (Å²) in [5, 5.41) is 0. The first kappa shape index (κ1) is 13.8. The summed E-state index contributed by atoms with van der Waals surface area (Å²) in [6.45, 7) is 9.16. The van der Waals surface area contributed by atoms with Gasteiger partial charge < -0.3 is 4.57 Å². The van der Waals surface area contributed by atoms with Gasteiger partial charge in [0.2, 0.25) is 0 Å². The van der Waals surface area contributed by atoms with E-state index in [1.54, 1.807) is 0 Å². The molecule has 0 aliphatic carbocycles. The molecule has 0 aromatic carbocycles. The minimum atomic E-state index is 0.276. The number of Topliss-reactive ketones (excluding diaryl/α,β-unsaturated/α-hetero) is 1. The molecule has 0 spiro atoms. The molecule has 2 aliphatic heterocycles. The average molecular weight is 275 g/mol. The Labute approximate surface area is 121 Å². The Balaban J connectivity index is 1.65. The molecule has 1 unspecified atom stereocenters. The third-order valence-corrected chi connectivity index (χ3v) is 5.11. The van der Waals surface area contributed by atoms with Gasteiger partial charge in [-0.1, -0.05) is 0 Å². The summed E-state index contributed by atoms with van der Waals surface area (Å²) in [6.07, 6.45) is 2.62. The van der Waals surface area contributed by atoms with E-state index >= 15 is 0 Å². The molecule has 3 rings (SSSR count). The van der Waals surface area contributed by atoms with E-state index in [0.717, 1.165) is 36.6 Å². The minimum absolute atomic E-state index is 0.276. The zero-order chi connectivity index (χ0) is 14.3. The van der Waals surface area contributed by atoms with Crippen molar-refractivity contribution in [2.75, 3.05) is 32.7 Å². The Hall–Kier alpha value is -1.13. The summed E-state index contributed by atoms with van der Waals surface area (Å²) < 4.78 is 2.10. The van der Waals surface area contributed by atoms with E-state index in [4.69, 9.17) is 0 Å². The summed E-state index contributed by atoms with van der Waals surface area (Å²) in [5.74, 6) is 0.276. The normalized spacial score (nSPS) is 24.1. The maximum Gasteiger partial charge on any atom is 0.178 e. The largest absolute Gasteiger partial charge is 0.351 e. The van der Waals surface area contributed by atoms with Gasteiger partial charge in [0.1, 0.15) is 0 Å². The monoisotopic (exact) mass is 275 g/mol. The fourth-order valence-electron chi connectivity index (χ4n) is 3.62. The lowest BCUT2D eigenvalue weighted by molar-refractivity contribution is 0.0783. The molecule has 1 aromatic heterocycles. The Morgan fingerprint density at radius 3 is 2.80 bits per heavy atom. The molecule has 0 radical (unpaired) electrons. The number of aryl methyl sites for hydroxylation is 1. The van der Waals surface area contributed by atoms with Crippen LogP contribution in [0.5, 0.6) is 0 Å². The number of piperazine rings is 1. The van der Waals surface area contributed by atoms with Gasteiger partial charge in [-0.15, -0.1) is 0 Å². The van der Waals surface area contributed by atoms with Crippen molar-refractivity contribution in [3.63, 3.8) is 0 Å². The lowest BCUT2D eigenvalue weighted by Gasteiger charge is -2.37. The number of nitrogens with zero attached hydrogens (tertiary/aromatic N) is 3. The molecule has 0 N–H and O–H groups in total. The Bertz CT molecular complexity index is 520. The summed E-state index contributed by atoms with van der Waals surface area (Å²) in [6, 6.07) is 2.72. The first-order valence-corrected chi connectivity index (χ1v) is 7.69. The molecule has 20 heavy (non-hydrogen) atoms. The SMILES string of the molecule is Cc1cc(C(=O)CN2CCN3CCCC3C2)c(C)n1C. The van der Waals surface area contributed by atoms with Gasteiger partial charge in [-0.3, -0.25) is 14.6 Å². The highest BCUT2D eigenvalue weighted by Crippen LogP contribution is 2.22. The van der Waals surface area contributed by atoms with Crippen LogP contribution >= 0.6 is 0 Å². The summed E-state index contributed by atoms with van der Waals surface area (Å²) in [5.41, 5.74) is 3.15. The molecule has 0 amide bonds. The fraction of sp³-hybridized carbons (Fsp3) is 0.688. The standard InChI is InChI=1S/C16H25N3O/c1-12-9-15(13(2)17(12)3)16(20)11-18-7-8-19-6-4-5-14(19)10-18/h9,14H,4-8,10-11H2,1-3H3. The van der Waals surface area contributed by atoms with Crippen molar-refractivity contribution in [3.05, 3.63) is 23.0 Å². The topological polar surface area (TPSA) is 28.5 Å². The predicted octanol–water partition coefficient (Wildman–Crippen LogP) is 1.60. The van der Waals surface area contributed by atoms with Crippen LogP contribution in [0.15, 0.2) is 6.07 Å². The maximum atomic E-state index is 12.5. The van der Waals surface area contributed by atoms with Crippen LogP contribution in [0.2, 0.25) is 0 Å². The highest BCUT2D eigenvalue weighted by atomic mass is 16.1. The number of ketones is 1. The van der Waals surface area contributed by atoms with Gasteiger partial charge in [0.05, 0.1) is 6.54 Å². The van der Waals surface area contributed by atoms with Crippen LogP contribution in [0, 0.1) is 13.8 Å². The number of hydrogen-bond acceptors (Lipinski definition) is 3. The van der Waals surface area contributed by atoms with Gasteiger partial charge in [0.25, 0.3) is 0 Å². The van der Waals surface area contributed by atoms with Crippen LogP contribution in [0.25, 0.3) is 0 Å². The highest BCUT2D eigenvalue weighted by molar-refractivity contribution is 5.99. The number of aromatic nitrogens is 1. The molecule has 1 atom stereocenters. The van der Waals surface area contributed by atoms with E-state index < -0.39 is 0 Å². The van der Waals surface area contributed by atoms with E-state index in [0.29, 0.717) is 12.6 Å². The van der Waals surface area contributed by atoms with Crippen molar-refractivity contribution >= 4 is 5.78 Å². The van der Waals surface area contributed by atoms with Crippen LogP contribution in [0.3, 0.4) is 0 Å². The van der Waals surface area contributed by atoms with Crippen molar-refractivity contribution in [2.24, 2.45) is 7.05 Å². The average Bonchev–Trinajstić information content (AvgIpc) is 2.98. The van der Waals surface area contributed by atoms with Crippen molar-refractivity contribution in [1.82, 2.24) is 14.4 Å². The van der Waals surface area contributed by atoms with Crippen molar-refractivity contribution in [3.8, 4) is 0 Å². The number of carbonyl (C=O) groups is 1. The molecule has 2 aliphatic rings. The fourth-order valence-corrected chi connectivity index (χ4v) is 3.62. The second kappa shape index (κ2) is 5.34. The molecule has 3 heterocycles. The smallest absolute Gasteiger partial charge is 0.178 e.